The molecule has 120 valence electrons. The molecule has 0 atom stereocenters. The topological polar surface area (TPSA) is 80.7 Å². The van der Waals surface area contributed by atoms with Gasteiger partial charge in [-0.2, -0.15) is 0 Å². The van der Waals surface area contributed by atoms with Gasteiger partial charge in [-0.05, 0) is 32.8 Å². The van der Waals surface area contributed by atoms with Gasteiger partial charge in [-0.3, -0.25) is 10.1 Å². The molecule has 0 saturated heterocycles. The summed E-state index contributed by atoms with van der Waals surface area (Å²) in [5.41, 5.74) is 3.98. The van der Waals surface area contributed by atoms with Crippen LogP contribution < -0.4 is 5.32 Å². The number of hydrogen-bond donors (Lipinski definition) is 1. The van der Waals surface area contributed by atoms with E-state index in [2.05, 4.69) is 25.3 Å². The van der Waals surface area contributed by atoms with Gasteiger partial charge in [-0.25, -0.2) is 19.9 Å². The average molecular weight is 319 g/mol. The second kappa shape index (κ2) is 5.63. The highest BCUT2D eigenvalue weighted by Crippen LogP contribution is 2.24. The first-order valence-electron chi connectivity index (χ1n) is 8.03. The van der Waals surface area contributed by atoms with Gasteiger partial charge in [0.05, 0.1) is 28.2 Å². The van der Waals surface area contributed by atoms with Crippen LogP contribution >= 0.6 is 0 Å². The van der Waals surface area contributed by atoms with Crippen LogP contribution in [0, 0.1) is 13.8 Å². The first-order chi connectivity index (χ1) is 11.6. The Morgan fingerprint density at radius 2 is 1.67 bits per heavy atom. The molecule has 0 fully saturated rings. The van der Waals surface area contributed by atoms with Crippen molar-refractivity contribution >= 4 is 28.6 Å². The molecular formula is C18H17N5O. The zero-order valence-corrected chi connectivity index (χ0v) is 13.6. The maximum Gasteiger partial charge on any atom is 0.230 e. The van der Waals surface area contributed by atoms with Crippen LogP contribution in [0.3, 0.4) is 0 Å². The fourth-order valence-electron chi connectivity index (χ4n) is 3.16. The minimum atomic E-state index is 0.137. The van der Waals surface area contributed by atoms with Crippen LogP contribution in [0.25, 0.3) is 10.9 Å². The fraction of sp³-hybridized carbons (Fsp3) is 0.278. The van der Waals surface area contributed by atoms with Gasteiger partial charge in [0.15, 0.2) is 5.78 Å². The van der Waals surface area contributed by atoms with E-state index < -0.39 is 0 Å². The molecule has 0 bridgehead atoms. The Bertz CT molecular complexity index is 967. The Labute approximate surface area is 139 Å². The van der Waals surface area contributed by atoms with E-state index in [4.69, 9.17) is 0 Å². The molecule has 6 heteroatoms. The zero-order valence-electron chi connectivity index (χ0n) is 13.6. The van der Waals surface area contributed by atoms with Gasteiger partial charge in [0, 0.05) is 11.8 Å². The Balaban J connectivity index is 1.73. The lowest BCUT2D eigenvalue weighted by Crippen LogP contribution is -2.17. The number of anilines is 2. The van der Waals surface area contributed by atoms with Crippen LogP contribution in [0.2, 0.25) is 0 Å². The number of rotatable bonds is 2. The molecule has 24 heavy (non-hydrogen) atoms. The summed E-state index contributed by atoms with van der Waals surface area (Å²) in [6.45, 7) is 3.80. The Hall–Kier alpha value is -2.89. The predicted octanol–water partition coefficient (Wildman–Crippen LogP) is 3.30. The van der Waals surface area contributed by atoms with Crippen LogP contribution in [-0.4, -0.2) is 25.7 Å². The highest BCUT2D eigenvalue weighted by atomic mass is 16.1. The second-order valence-corrected chi connectivity index (χ2v) is 6.01. The third-order valence-corrected chi connectivity index (χ3v) is 4.28. The molecule has 0 radical (unpaired) electrons. The molecule has 1 aliphatic rings. The number of ketones is 1. The first kappa shape index (κ1) is 14.7. The summed E-state index contributed by atoms with van der Waals surface area (Å²) in [4.78, 5) is 30.0. The Morgan fingerprint density at radius 1 is 0.917 bits per heavy atom. The van der Waals surface area contributed by atoms with Crippen molar-refractivity contribution in [2.75, 3.05) is 5.32 Å². The van der Waals surface area contributed by atoms with Crippen molar-refractivity contribution < 1.29 is 4.79 Å². The fourth-order valence-corrected chi connectivity index (χ4v) is 3.16. The smallest absolute Gasteiger partial charge is 0.230 e. The first-order valence-corrected chi connectivity index (χ1v) is 8.03. The van der Waals surface area contributed by atoms with Crippen molar-refractivity contribution in [2.45, 2.75) is 33.1 Å². The summed E-state index contributed by atoms with van der Waals surface area (Å²) in [5.74, 6) is 1.04. The van der Waals surface area contributed by atoms with Gasteiger partial charge in [0.25, 0.3) is 0 Å². The third kappa shape index (κ3) is 2.50. The third-order valence-electron chi connectivity index (χ3n) is 4.28. The lowest BCUT2D eigenvalue weighted by atomic mass is 9.94. The lowest BCUT2D eigenvalue weighted by Gasteiger charge is -2.16. The number of Topliss-reactive ketones (excluding diaryl/α,β-unsaturated/α-hetero) is 1. The van der Waals surface area contributed by atoms with Gasteiger partial charge in [-0.1, -0.05) is 18.2 Å². The number of nitrogens with one attached hydrogen (secondary N) is 1. The van der Waals surface area contributed by atoms with E-state index in [1.165, 1.54) is 0 Å². The molecule has 0 spiro atoms. The van der Waals surface area contributed by atoms with E-state index in [1.54, 1.807) is 0 Å². The Morgan fingerprint density at radius 3 is 2.54 bits per heavy atom. The molecule has 1 N–H and O–H groups in total. The summed E-state index contributed by atoms with van der Waals surface area (Å²) in [5, 5.41) is 4.11. The molecular weight excluding hydrogens is 302 g/mol. The van der Waals surface area contributed by atoms with E-state index in [1.807, 2.05) is 38.1 Å². The monoisotopic (exact) mass is 319 g/mol. The van der Waals surface area contributed by atoms with Gasteiger partial charge >= 0.3 is 0 Å². The maximum atomic E-state index is 12.0. The SMILES string of the molecule is Cc1nc(Nc2nc(C)c3ccccc3n2)nc2c1C(=O)CCC2. The number of hydrogen-bond acceptors (Lipinski definition) is 6. The van der Waals surface area contributed by atoms with Crippen molar-refractivity contribution in [3.8, 4) is 0 Å². The van der Waals surface area contributed by atoms with Crippen molar-refractivity contribution in [2.24, 2.45) is 0 Å². The number of aryl methyl sites for hydroxylation is 3. The van der Waals surface area contributed by atoms with Crippen LogP contribution in [0.1, 0.15) is 40.3 Å². The van der Waals surface area contributed by atoms with Gasteiger partial charge in [0.2, 0.25) is 11.9 Å². The molecule has 0 aliphatic heterocycles. The number of benzene rings is 1. The largest absolute Gasteiger partial charge is 0.294 e. The number of nitrogens with zero attached hydrogens (tertiary/aromatic N) is 4. The molecule has 3 aromatic rings. The number of para-hydroxylation sites is 1. The highest BCUT2D eigenvalue weighted by molar-refractivity contribution is 5.99. The standard InChI is InChI=1S/C18H17N5O/c1-10-12-6-3-4-7-13(12)21-17(19-10)23-18-20-11(2)16-14(22-18)8-5-9-15(16)24/h3-4,6-7H,5,8-9H2,1-2H3,(H,19,20,21,22,23). The molecule has 0 saturated carbocycles. The van der Waals surface area contributed by atoms with Gasteiger partial charge in [0.1, 0.15) is 0 Å². The van der Waals surface area contributed by atoms with Crippen molar-refractivity contribution in [1.29, 1.82) is 0 Å². The van der Waals surface area contributed by atoms with Crippen LogP contribution in [0.4, 0.5) is 11.9 Å². The maximum absolute atomic E-state index is 12.0. The van der Waals surface area contributed by atoms with Crippen LogP contribution in [-0.2, 0) is 6.42 Å². The zero-order chi connectivity index (χ0) is 16.7. The summed E-state index contributed by atoms with van der Waals surface area (Å²) >= 11 is 0. The highest BCUT2D eigenvalue weighted by Gasteiger charge is 2.22. The normalized spacial score (nSPS) is 13.8. The molecule has 1 aliphatic carbocycles. The molecule has 0 unspecified atom stereocenters. The molecule has 1 aromatic carbocycles. The van der Waals surface area contributed by atoms with Gasteiger partial charge < -0.3 is 0 Å². The van der Waals surface area contributed by atoms with Crippen molar-refractivity contribution in [3.05, 3.63) is 46.9 Å². The minimum absolute atomic E-state index is 0.137. The van der Waals surface area contributed by atoms with Gasteiger partial charge in [-0.15, -0.1) is 0 Å². The summed E-state index contributed by atoms with van der Waals surface area (Å²) < 4.78 is 0. The summed E-state index contributed by atoms with van der Waals surface area (Å²) in [6.07, 6.45) is 2.22. The van der Waals surface area contributed by atoms with Crippen molar-refractivity contribution in [1.82, 2.24) is 19.9 Å². The number of aromatic nitrogens is 4. The van der Waals surface area contributed by atoms with E-state index >= 15 is 0 Å². The molecule has 4 rings (SSSR count). The van der Waals surface area contributed by atoms with E-state index in [-0.39, 0.29) is 5.78 Å². The summed E-state index contributed by atoms with van der Waals surface area (Å²) in [6, 6.07) is 7.87. The Kier molecular flexibility index (Phi) is 3.45. The van der Waals surface area contributed by atoms with Crippen LogP contribution in [0.5, 0.6) is 0 Å². The van der Waals surface area contributed by atoms with Crippen LogP contribution in [0.15, 0.2) is 24.3 Å². The van der Waals surface area contributed by atoms with E-state index in [9.17, 15) is 4.79 Å². The lowest BCUT2D eigenvalue weighted by molar-refractivity contribution is 0.0970. The number of carbonyl (C=O) groups excluding carboxylic acids is 1. The predicted molar refractivity (Wildman–Crippen MR) is 91.6 cm³/mol. The average Bonchev–Trinajstić information content (AvgIpc) is 2.54. The number of carbonyl (C=O) groups is 1. The summed E-state index contributed by atoms with van der Waals surface area (Å²) in [7, 11) is 0. The minimum Gasteiger partial charge on any atom is -0.294 e. The van der Waals surface area contributed by atoms with E-state index in [0.717, 1.165) is 35.1 Å². The van der Waals surface area contributed by atoms with Crippen molar-refractivity contribution in [3.63, 3.8) is 0 Å². The number of fused-ring (bicyclic) bond motifs is 2. The second-order valence-electron chi connectivity index (χ2n) is 6.01. The quantitative estimate of drug-likeness (QED) is 0.780. The molecule has 2 aromatic heterocycles. The molecule has 6 nitrogen and oxygen atoms in total. The molecule has 0 amide bonds. The van der Waals surface area contributed by atoms with E-state index in [0.29, 0.717) is 29.6 Å². The molecule has 2 heterocycles.